The third kappa shape index (κ3) is 4.78. The van der Waals surface area contributed by atoms with Crippen molar-refractivity contribution in [2.24, 2.45) is 0 Å². The van der Waals surface area contributed by atoms with Crippen LogP contribution in [0.4, 0.5) is 11.4 Å². The van der Waals surface area contributed by atoms with Gasteiger partial charge in [0.25, 0.3) is 5.56 Å². The predicted octanol–water partition coefficient (Wildman–Crippen LogP) is 2.01. The zero-order valence-corrected chi connectivity index (χ0v) is 20.0. The lowest BCUT2D eigenvalue weighted by atomic mass is 10.1. The van der Waals surface area contributed by atoms with E-state index in [1.165, 1.54) is 4.57 Å². The zero-order chi connectivity index (χ0) is 25.3. The zero-order valence-electron chi connectivity index (χ0n) is 19.2. The number of nitrogens with zero attached hydrogens (tertiary/aromatic N) is 3. The third-order valence-corrected chi connectivity index (χ3v) is 7.29. The van der Waals surface area contributed by atoms with Crippen LogP contribution in [0.5, 0.6) is 0 Å². The Bertz CT molecular complexity index is 1680. The molecule has 0 radical (unpaired) electrons. The number of pyridine rings is 1. The number of anilines is 2. The van der Waals surface area contributed by atoms with Crippen LogP contribution in [0.25, 0.3) is 10.9 Å². The maximum absolute atomic E-state index is 13.0. The van der Waals surface area contributed by atoms with E-state index in [1.807, 2.05) is 0 Å². The monoisotopic (exact) mass is 505 g/mol. The molecule has 3 heterocycles. The van der Waals surface area contributed by atoms with Gasteiger partial charge in [0.05, 0.1) is 16.6 Å². The van der Waals surface area contributed by atoms with E-state index in [-0.39, 0.29) is 24.6 Å². The molecule has 0 spiro atoms. The number of H-pyrrole nitrogens is 1. The quantitative estimate of drug-likeness (QED) is 0.395. The smallest absolute Gasteiger partial charge is 0.312 e. The second-order valence-corrected chi connectivity index (χ2v) is 10.2. The van der Waals surface area contributed by atoms with Gasteiger partial charge >= 0.3 is 5.69 Å². The first kappa shape index (κ1) is 23.5. The molecule has 5 rings (SSSR count). The summed E-state index contributed by atoms with van der Waals surface area (Å²) in [6.45, 7) is 0.575. The molecule has 2 aromatic carbocycles. The number of aromatic amines is 1. The summed E-state index contributed by atoms with van der Waals surface area (Å²) in [6, 6.07) is 16.9. The molecule has 10 nitrogen and oxygen atoms in total. The standard InChI is InChI=1S/C25H23N5O5S/c31-23(11-14-30-22-7-2-1-6-20(22)24(32)27-25(30)33)29-13-10-17-15-18(8-9-21(17)29)28-36(34,35)16-19-5-3-4-12-26-19/h1-9,12,15,28H,10-11,13-14,16H2,(H,27,32,33). The van der Waals surface area contributed by atoms with E-state index >= 15 is 0 Å². The van der Waals surface area contributed by atoms with Gasteiger partial charge in [-0.05, 0) is 54.4 Å². The molecule has 0 saturated carbocycles. The van der Waals surface area contributed by atoms with Crippen molar-refractivity contribution < 1.29 is 13.2 Å². The summed E-state index contributed by atoms with van der Waals surface area (Å²) in [7, 11) is -3.65. The number of carbonyl (C=O) groups excluding carboxylic acids is 1. The first-order valence-electron chi connectivity index (χ1n) is 11.4. The van der Waals surface area contributed by atoms with E-state index in [1.54, 1.807) is 71.8 Å². The number of hydrogen-bond donors (Lipinski definition) is 2. The van der Waals surface area contributed by atoms with Crippen LogP contribution in [0.2, 0.25) is 0 Å². The normalized spacial score (nSPS) is 13.1. The number of para-hydroxylation sites is 1. The molecule has 1 aliphatic heterocycles. The molecule has 0 unspecified atom stereocenters. The van der Waals surface area contributed by atoms with Crippen LogP contribution in [0.15, 0.2) is 76.4 Å². The average molecular weight is 506 g/mol. The summed E-state index contributed by atoms with van der Waals surface area (Å²) in [5.74, 6) is -0.409. The third-order valence-electron chi connectivity index (χ3n) is 6.07. The number of hydrogen-bond acceptors (Lipinski definition) is 6. The molecule has 1 amide bonds. The Morgan fingerprint density at radius 1 is 1.06 bits per heavy atom. The highest BCUT2D eigenvalue weighted by molar-refractivity contribution is 7.91. The number of aryl methyl sites for hydroxylation is 1. The summed E-state index contributed by atoms with van der Waals surface area (Å²) in [5, 5.41) is 0.383. The molecule has 0 aliphatic carbocycles. The molecule has 11 heteroatoms. The lowest BCUT2D eigenvalue weighted by Crippen LogP contribution is -2.34. The van der Waals surface area contributed by atoms with Gasteiger partial charge in [-0.3, -0.25) is 28.8 Å². The highest BCUT2D eigenvalue weighted by Crippen LogP contribution is 2.31. The predicted molar refractivity (Wildman–Crippen MR) is 136 cm³/mol. The number of sulfonamides is 1. The first-order valence-corrected chi connectivity index (χ1v) is 13.0. The molecule has 2 aromatic heterocycles. The van der Waals surface area contributed by atoms with Gasteiger partial charge in [-0.15, -0.1) is 0 Å². The van der Waals surface area contributed by atoms with Gasteiger partial charge in [-0.1, -0.05) is 18.2 Å². The Morgan fingerprint density at radius 3 is 2.67 bits per heavy atom. The van der Waals surface area contributed by atoms with Gasteiger partial charge < -0.3 is 4.90 Å². The number of benzene rings is 2. The summed E-state index contributed by atoms with van der Waals surface area (Å²) < 4.78 is 29.0. The molecule has 0 atom stereocenters. The lowest BCUT2D eigenvalue weighted by molar-refractivity contribution is -0.118. The molecule has 4 aromatic rings. The topological polar surface area (TPSA) is 134 Å². The van der Waals surface area contributed by atoms with Gasteiger partial charge in [0.2, 0.25) is 15.9 Å². The highest BCUT2D eigenvalue weighted by Gasteiger charge is 2.25. The fourth-order valence-corrected chi connectivity index (χ4v) is 5.54. The Labute approximate surface area is 206 Å². The van der Waals surface area contributed by atoms with Gasteiger partial charge in [0.1, 0.15) is 5.75 Å². The van der Waals surface area contributed by atoms with Crippen LogP contribution in [0.3, 0.4) is 0 Å². The highest BCUT2D eigenvalue weighted by atomic mass is 32.2. The molecule has 1 aliphatic rings. The number of amides is 1. The number of aromatic nitrogens is 3. The summed E-state index contributed by atoms with van der Waals surface area (Å²) >= 11 is 0. The van der Waals surface area contributed by atoms with E-state index < -0.39 is 21.3 Å². The molecular weight excluding hydrogens is 482 g/mol. The molecule has 36 heavy (non-hydrogen) atoms. The number of fused-ring (bicyclic) bond motifs is 2. The second-order valence-electron chi connectivity index (χ2n) is 8.50. The van der Waals surface area contributed by atoms with Gasteiger partial charge in [0.15, 0.2) is 0 Å². The van der Waals surface area contributed by atoms with Crippen molar-refractivity contribution in [3.05, 3.63) is 99.0 Å². The van der Waals surface area contributed by atoms with Crippen LogP contribution in [0.1, 0.15) is 17.7 Å². The van der Waals surface area contributed by atoms with Crippen LogP contribution in [0, 0.1) is 0 Å². The lowest BCUT2D eigenvalue weighted by Gasteiger charge is -2.18. The van der Waals surface area contributed by atoms with E-state index in [4.69, 9.17) is 0 Å². The van der Waals surface area contributed by atoms with Crippen molar-refractivity contribution in [3.8, 4) is 0 Å². The molecule has 0 bridgehead atoms. The molecule has 0 fully saturated rings. The number of rotatable bonds is 7. The van der Waals surface area contributed by atoms with E-state index in [2.05, 4.69) is 14.7 Å². The summed E-state index contributed by atoms with van der Waals surface area (Å²) in [5.41, 5.74) is 1.89. The van der Waals surface area contributed by atoms with E-state index in [9.17, 15) is 22.8 Å². The maximum atomic E-state index is 13.0. The molecule has 184 valence electrons. The summed E-state index contributed by atoms with van der Waals surface area (Å²) in [6.07, 6.45) is 2.19. The minimum Gasteiger partial charge on any atom is -0.312 e. The van der Waals surface area contributed by atoms with Crippen LogP contribution in [-0.2, 0) is 33.5 Å². The number of carbonyl (C=O) groups is 1. The average Bonchev–Trinajstić information content (AvgIpc) is 3.27. The van der Waals surface area contributed by atoms with Crippen LogP contribution in [-0.4, -0.2) is 35.4 Å². The van der Waals surface area contributed by atoms with Crippen molar-refractivity contribution in [2.75, 3.05) is 16.2 Å². The maximum Gasteiger partial charge on any atom is 0.328 e. The minimum absolute atomic E-state index is 0.0633. The molecular formula is C25H23N5O5S. The Kier molecular flexibility index (Phi) is 6.15. The van der Waals surface area contributed by atoms with Crippen molar-refractivity contribution in [2.45, 2.75) is 25.1 Å². The molecule has 0 saturated heterocycles. The van der Waals surface area contributed by atoms with E-state index in [0.29, 0.717) is 40.9 Å². The van der Waals surface area contributed by atoms with Gasteiger partial charge in [0, 0.05) is 37.1 Å². The number of nitrogens with one attached hydrogen (secondary N) is 2. The fourth-order valence-electron chi connectivity index (χ4n) is 4.42. The van der Waals surface area contributed by atoms with E-state index in [0.717, 1.165) is 5.56 Å². The van der Waals surface area contributed by atoms with Crippen LogP contribution >= 0.6 is 0 Å². The largest absolute Gasteiger partial charge is 0.328 e. The molecule has 2 N–H and O–H groups in total. The fraction of sp³-hybridized carbons (Fsp3) is 0.200. The SMILES string of the molecule is O=C(CCn1c(=O)[nH]c(=O)c2ccccc21)N1CCc2cc(NS(=O)(=O)Cc3ccccn3)ccc21. The Balaban J connectivity index is 1.29. The first-order chi connectivity index (χ1) is 17.3. The Morgan fingerprint density at radius 2 is 1.86 bits per heavy atom. The minimum atomic E-state index is -3.65. The van der Waals surface area contributed by atoms with Crippen molar-refractivity contribution >= 4 is 38.2 Å². The van der Waals surface area contributed by atoms with Gasteiger partial charge in [-0.2, -0.15) is 0 Å². The van der Waals surface area contributed by atoms with Crippen molar-refractivity contribution in [1.29, 1.82) is 0 Å². The van der Waals surface area contributed by atoms with Crippen molar-refractivity contribution in [1.82, 2.24) is 14.5 Å². The van der Waals surface area contributed by atoms with Gasteiger partial charge in [-0.25, -0.2) is 13.2 Å². The van der Waals surface area contributed by atoms with Crippen LogP contribution < -0.4 is 20.9 Å². The second kappa shape index (κ2) is 9.42. The van der Waals surface area contributed by atoms with Crippen molar-refractivity contribution in [3.63, 3.8) is 0 Å². The summed E-state index contributed by atoms with van der Waals surface area (Å²) in [4.78, 5) is 45.5. The Hall–Kier alpha value is -4.25.